The fourth-order valence-corrected chi connectivity index (χ4v) is 5.30. The number of amides is 1. The zero-order valence-corrected chi connectivity index (χ0v) is 23.7. The van der Waals surface area contributed by atoms with Gasteiger partial charge < -0.3 is 24.8 Å². The van der Waals surface area contributed by atoms with E-state index in [4.69, 9.17) is 28.6 Å². The van der Waals surface area contributed by atoms with E-state index >= 15 is 0 Å². The molecule has 0 aliphatic carbocycles. The van der Waals surface area contributed by atoms with Gasteiger partial charge in [-0.3, -0.25) is 9.78 Å². The molecule has 2 atom stereocenters. The number of thiocarbonyl (C=S) groups is 1. The first-order valence-electron chi connectivity index (χ1n) is 12.8. The minimum atomic E-state index is -0.411. The summed E-state index contributed by atoms with van der Waals surface area (Å²) in [4.78, 5) is 31.1. The lowest BCUT2D eigenvalue weighted by molar-refractivity contribution is -0.118. The number of esters is 1. The summed E-state index contributed by atoms with van der Waals surface area (Å²) >= 11 is 12.5. The Kier molecular flexibility index (Phi) is 7.86. The fourth-order valence-electron chi connectivity index (χ4n) is 4.74. The van der Waals surface area contributed by atoms with E-state index in [-0.39, 0.29) is 23.9 Å². The molecule has 2 aromatic heterocycles. The molecule has 1 amide bonds. The van der Waals surface area contributed by atoms with Gasteiger partial charge in [0.15, 0.2) is 5.11 Å². The first kappa shape index (κ1) is 27.4. The Morgan fingerprint density at radius 1 is 1.05 bits per heavy atom. The molecule has 0 unspecified atom stereocenters. The standard InChI is InChI=1S/C30H28ClN5O3S/c1-18(2)28(37)33-23-13-12-21(17-22(23)31)36-27(26(34-30(36)40)24-10-4-5-14-32-24)25-11-7-15-35(25)20-9-6-8-19(16-20)29(38)39-3/h4-18,26-27H,1-3H3,(H,33,37)(H,34,40)/t26-,27+/m1/s1. The largest absolute Gasteiger partial charge is 0.465 e. The molecule has 0 spiro atoms. The summed E-state index contributed by atoms with van der Waals surface area (Å²) in [7, 11) is 1.36. The van der Waals surface area contributed by atoms with Gasteiger partial charge in [-0.15, -0.1) is 0 Å². The molecule has 40 heavy (non-hydrogen) atoms. The van der Waals surface area contributed by atoms with Gasteiger partial charge in [0.2, 0.25) is 5.91 Å². The average molecular weight is 574 g/mol. The number of carbonyl (C=O) groups is 2. The second-order valence-electron chi connectivity index (χ2n) is 9.65. The molecule has 5 rings (SSSR count). The lowest BCUT2D eigenvalue weighted by Crippen LogP contribution is -2.30. The van der Waals surface area contributed by atoms with Gasteiger partial charge in [-0.2, -0.15) is 0 Å². The van der Waals surface area contributed by atoms with Crippen molar-refractivity contribution >= 4 is 52.2 Å². The van der Waals surface area contributed by atoms with E-state index in [1.807, 2.05) is 78.0 Å². The zero-order valence-electron chi connectivity index (χ0n) is 22.2. The number of rotatable bonds is 7. The van der Waals surface area contributed by atoms with E-state index in [0.29, 0.717) is 21.4 Å². The Hall–Kier alpha value is -4.21. The van der Waals surface area contributed by atoms with E-state index in [2.05, 4.69) is 15.6 Å². The molecule has 3 heterocycles. The molecule has 2 aromatic carbocycles. The molecule has 2 N–H and O–H groups in total. The van der Waals surface area contributed by atoms with Crippen LogP contribution < -0.4 is 15.5 Å². The average Bonchev–Trinajstić information content (AvgIpc) is 3.58. The first-order valence-corrected chi connectivity index (χ1v) is 13.5. The third-order valence-electron chi connectivity index (χ3n) is 6.74. The van der Waals surface area contributed by atoms with Crippen LogP contribution in [0, 0.1) is 5.92 Å². The maximum atomic E-state index is 12.3. The topological polar surface area (TPSA) is 88.5 Å². The minimum absolute atomic E-state index is 0.117. The van der Waals surface area contributed by atoms with Crippen LogP contribution >= 0.6 is 23.8 Å². The Balaban J connectivity index is 1.60. The van der Waals surface area contributed by atoms with Crippen LogP contribution in [0.4, 0.5) is 11.4 Å². The highest BCUT2D eigenvalue weighted by atomic mass is 35.5. The van der Waals surface area contributed by atoms with Gasteiger partial charge >= 0.3 is 5.97 Å². The predicted octanol–water partition coefficient (Wildman–Crippen LogP) is 6.08. The summed E-state index contributed by atoms with van der Waals surface area (Å²) in [6.07, 6.45) is 3.69. The van der Waals surface area contributed by atoms with E-state index in [1.165, 1.54) is 7.11 Å². The molecule has 0 saturated carbocycles. The molecular formula is C30H28ClN5O3S. The van der Waals surface area contributed by atoms with Gasteiger partial charge in [-0.1, -0.05) is 37.6 Å². The van der Waals surface area contributed by atoms with Crippen molar-refractivity contribution in [2.45, 2.75) is 25.9 Å². The molecule has 204 valence electrons. The van der Waals surface area contributed by atoms with E-state index in [0.717, 1.165) is 22.8 Å². The van der Waals surface area contributed by atoms with Crippen LogP contribution in [0.1, 0.15) is 47.7 Å². The Morgan fingerprint density at radius 3 is 2.58 bits per heavy atom. The predicted molar refractivity (Wildman–Crippen MR) is 160 cm³/mol. The molecule has 10 heteroatoms. The third kappa shape index (κ3) is 5.30. The Bertz CT molecular complexity index is 1570. The molecule has 0 radical (unpaired) electrons. The van der Waals surface area contributed by atoms with Crippen LogP contribution in [0.3, 0.4) is 0 Å². The van der Waals surface area contributed by atoms with Crippen molar-refractivity contribution in [2.75, 3.05) is 17.3 Å². The van der Waals surface area contributed by atoms with Crippen LogP contribution in [-0.2, 0) is 9.53 Å². The summed E-state index contributed by atoms with van der Waals surface area (Å²) < 4.78 is 6.95. The first-order chi connectivity index (χ1) is 19.3. The van der Waals surface area contributed by atoms with Gasteiger partial charge in [0.25, 0.3) is 0 Å². The maximum absolute atomic E-state index is 12.3. The second-order valence-corrected chi connectivity index (χ2v) is 10.4. The number of ether oxygens (including phenoxy) is 1. The van der Waals surface area contributed by atoms with Crippen LogP contribution in [0.25, 0.3) is 5.69 Å². The number of hydrogen-bond donors (Lipinski definition) is 2. The number of nitrogens with one attached hydrogen (secondary N) is 2. The summed E-state index contributed by atoms with van der Waals surface area (Å²) in [5, 5.41) is 7.23. The summed E-state index contributed by atoms with van der Waals surface area (Å²) in [5.41, 5.74) is 4.26. The highest BCUT2D eigenvalue weighted by molar-refractivity contribution is 7.80. The lowest BCUT2D eigenvalue weighted by atomic mass is 10.0. The van der Waals surface area contributed by atoms with Gasteiger partial charge in [0.05, 0.1) is 35.1 Å². The van der Waals surface area contributed by atoms with Crippen LogP contribution in [-0.4, -0.2) is 33.6 Å². The highest BCUT2D eigenvalue weighted by Gasteiger charge is 2.42. The monoisotopic (exact) mass is 573 g/mol. The summed E-state index contributed by atoms with van der Waals surface area (Å²) in [5.74, 6) is -0.709. The van der Waals surface area contributed by atoms with Crippen molar-refractivity contribution < 1.29 is 14.3 Å². The van der Waals surface area contributed by atoms with Gasteiger partial charge in [0, 0.05) is 35.4 Å². The molecule has 1 saturated heterocycles. The number of hydrogen-bond acceptors (Lipinski definition) is 5. The number of benzene rings is 2. The number of carbonyl (C=O) groups excluding carboxylic acids is 2. The Morgan fingerprint density at radius 2 is 1.88 bits per heavy atom. The molecule has 1 aliphatic heterocycles. The fraction of sp³-hybridized carbons (Fsp3) is 0.200. The number of halogens is 1. The van der Waals surface area contributed by atoms with Crippen molar-refractivity contribution in [3.8, 4) is 5.69 Å². The van der Waals surface area contributed by atoms with E-state index in [9.17, 15) is 9.59 Å². The van der Waals surface area contributed by atoms with Crippen molar-refractivity contribution in [1.82, 2.24) is 14.9 Å². The quantitative estimate of drug-likeness (QED) is 0.204. The Labute approximate surface area is 242 Å². The van der Waals surface area contributed by atoms with Gasteiger partial charge in [0.1, 0.15) is 6.04 Å². The molecule has 1 fully saturated rings. The lowest BCUT2D eigenvalue weighted by Gasteiger charge is -2.29. The smallest absolute Gasteiger partial charge is 0.337 e. The zero-order chi connectivity index (χ0) is 28.4. The number of anilines is 2. The van der Waals surface area contributed by atoms with Crippen molar-refractivity contribution in [3.63, 3.8) is 0 Å². The van der Waals surface area contributed by atoms with Gasteiger partial charge in [-0.25, -0.2) is 4.79 Å². The number of methoxy groups -OCH3 is 1. The highest BCUT2D eigenvalue weighted by Crippen LogP contribution is 2.43. The normalized spacial score (nSPS) is 16.6. The maximum Gasteiger partial charge on any atom is 0.337 e. The molecule has 8 nitrogen and oxygen atoms in total. The van der Waals surface area contributed by atoms with Gasteiger partial charge in [-0.05, 0) is 72.9 Å². The minimum Gasteiger partial charge on any atom is -0.465 e. The summed E-state index contributed by atoms with van der Waals surface area (Å²) in [6, 6.07) is 21.8. The summed E-state index contributed by atoms with van der Waals surface area (Å²) in [6.45, 7) is 3.65. The van der Waals surface area contributed by atoms with E-state index < -0.39 is 5.97 Å². The molecule has 4 aromatic rings. The van der Waals surface area contributed by atoms with Crippen LogP contribution in [0.15, 0.2) is 85.2 Å². The molecule has 0 bridgehead atoms. The SMILES string of the molecule is COC(=O)c1cccc(-n2cccc2[C@H]2[C@@H](c3ccccn3)NC(=S)N2c2ccc(NC(=O)C(C)C)c(Cl)c2)c1. The van der Waals surface area contributed by atoms with Crippen molar-refractivity contribution in [1.29, 1.82) is 0 Å². The molecular weight excluding hydrogens is 546 g/mol. The van der Waals surface area contributed by atoms with Crippen LogP contribution in [0.5, 0.6) is 0 Å². The number of pyridine rings is 1. The third-order valence-corrected chi connectivity index (χ3v) is 7.37. The van der Waals surface area contributed by atoms with Crippen molar-refractivity contribution in [2.24, 2.45) is 5.92 Å². The second kappa shape index (κ2) is 11.5. The molecule has 1 aliphatic rings. The van der Waals surface area contributed by atoms with Crippen LogP contribution in [0.2, 0.25) is 5.02 Å². The number of aromatic nitrogens is 2. The van der Waals surface area contributed by atoms with Crippen molar-refractivity contribution in [3.05, 3.63) is 107 Å². The van der Waals surface area contributed by atoms with E-state index in [1.54, 1.807) is 30.5 Å². The number of nitrogens with zero attached hydrogens (tertiary/aromatic N) is 3.